The molecule has 7 nitrogen and oxygen atoms in total. The molecule has 0 bridgehead atoms. The third-order valence-corrected chi connectivity index (χ3v) is 4.07. The van der Waals surface area contributed by atoms with E-state index in [2.05, 4.69) is 20.6 Å². The van der Waals surface area contributed by atoms with Gasteiger partial charge in [-0.05, 0) is 47.5 Å². The van der Waals surface area contributed by atoms with Crippen LogP contribution < -0.4 is 15.4 Å². The molecule has 0 saturated carbocycles. The zero-order chi connectivity index (χ0) is 19.8. The smallest absolute Gasteiger partial charge is 0.270 e. The van der Waals surface area contributed by atoms with Crippen LogP contribution in [0.5, 0.6) is 5.75 Å². The van der Waals surface area contributed by atoms with E-state index in [1.165, 1.54) is 12.3 Å². The van der Waals surface area contributed by atoms with E-state index in [-0.39, 0.29) is 17.5 Å². The Morgan fingerprint density at radius 1 is 0.857 bits per heavy atom. The lowest BCUT2D eigenvalue weighted by Crippen LogP contribution is -2.26. The van der Waals surface area contributed by atoms with Crippen LogP contribution in [0.4, 0.5) is 0 Å². The summed E-state index contributed by atoms with van der Waals surface area (Å²) in [7, 11) is 1.60. The van der Waals surface area contributed by atoms with Crippen molar-refractivity contribution in [2.24, 2.45) is 0 Å². The zero-order valence-corrected chi connectivity index (χ0v) is 15.4. The predicted octanol–water partition coefficient (Wildman–Crippen LogP) is 2.35. The fourth-order valence-corrected chi connectivity index (χ4v) is 2.50. The molecule has 0 unspecified atom stereocenters. The first-order chi connectivity index (χ1) is 13.7. The van der Waals surface area contributed by atoms with Crippen LogP contribution in [0, 0.1) is 0 Å². The SMILES string of the molecule is COc1ccc(CNC(=O)c2ccnc(C(=O)NCc3ccncc3)c2)cc1. The van der Waals surface area contributed by atoms with Crippen LogP contribution >= 0.6 is 0 Å². The molecule has 0 fully saturated rings. The Kier molecular flexibility index (Phi) is 6.30. The van der Waals surface area contributed by atoms with Gasteiger partial charge in [0.15, 0.2) is 0 Å². The number of nitrogens with zero attached hydrogens (tertiary/aromatic N) is 2. The number of amides is 2. The van der Waals surface area contributed by atoms with Crippen LogP contribution in [-0.4, -0.2) is 28.9 Å². The van der Waals surface area contributed by atoms with Crippen molar-refractivity contribution in [1.82, 2.24) is 20.6 Å². The summed E-state index contributed by atoms with van der Waals surface area (Å²) >= 11 is 0. The lowest BCUT2D eigenvalue weighted by molar-refractivity contribution is 0.0946. The van der Waals surface area contributed by atoms with Crippen LogP contribution in [0.3, 0.4) is 0 Å². The van der Waals surface area contributed by atoms with Crippen LogP contribution in [0.2, 0.25) is 0 Å². The number of nitrogens with one attached hydrogen (secondary N) is 2. The van der Waals surface area contributed by atoms with Crippen molar-refractivity contribution in [2.75, 3.05) is 7.11 Å². The van der Waals surface area contributed by atoms with Gasteiger partial charge in [0.2, 0.25) is 0 Å². The minimum atomic E-state index is -0.346. The fraction of sp³-hybridized carbons (Fsp3) is 0.143. The summed E-state index contributed by atoms with van der Waals surface area (Å²) in [5.41, 5.74) is 2.43. The summed E-state index contributed by atoms with van der Waals surface area (Å²) in [4.78, 5) is 32.7. The molecule has 2 amide bonds. The van der Waals surface area contributed by atoms with Crippen molar-refractivity contribution >= 4 is 11.8 Å². The van der Waals surface area contributed by atoms with Gasteiger partial charge in [-0.15, -0.1) is 0 Å². The average molecular weight is 376 g/mol. The molecule has 142 valence electrons. The summed E-state index contributed by atoms with van der Waals surface area (Å²) < 4.78 is 5.11. The second-order valence-electron chi connectivity index (χ2n) is 6.00. The highest BCUT2D eigenvalue weighted by molar-refractivity contribution is 5.98. The Morgan fingerprint density at radius 3 is 2.18 bits per heavy atom. The largest absolute Gasteiger partial charge is 0.497 e. The monoisotopic (exact) mass is 376 g/mol. The topological polar surface area (TPSA) is 93.2 Å². The van der Waals surface area contributed by atoms with Gasteiger partial charge < -0.3 is 15.4 Å². The standard InChI is InChI=1S/C21H20N4O3/c1-28-18-4-2-15(3-5-18)13-24-20(26)17-8-11-23-19(12-17)21(27)25-14-16-6-9-22-10-7-16/h2-12H,13-14H2,1H3,(H,24,26)(H,25,27). The molecule has 2 N–H and O–H groups in total. The molecule has 2 heterocycles. The van der Waals surface area contributed by atoms with E-state index < -0.39 is 0 Å². The van der Waals surface area contributed by atoms with E-state index >= 15 is 0 Å². The molecular weight excluding hydrogens is 356 g/mol. The minimum Gasteiger partial charge on any atom is -0.497 e. The Hall–Kier alpha value is -3.74. The number of rotatable bonds is 7. The summed E-state index contributed by atoms with van der Waals surface area (Å²) in [6.07, 6.45) is 4.77. The van der Waals surface area contributed by atoms with Crippen molar-refractivity contribution in [1.29, 1.82) is 0 Å². The Labute approximate surface area is 162 Å². The van der Waals surface area contributed by atoms with E-state index in [1.54, 1.807) is 25.6 Å². The number of aromatic nitrogens is 2. The molecule has 0 atom stereocenters. The molecular formula is C21H20N4O3. The number of hydrogen-bond acceptors (Lipinski definition) is 5. The molecule has 0 saturated heterocycles. The molecule has 3 aromatic rings. The van der Waals surface area contributed by atoms with Gasteiger partial charge in [-0.1, -0.05) is 12.1 Å². The lowest BCUT2D eigenvalue weighted by atomic mass is 10.2. The maximum absolute atomic E-state index is 12.4. The highest BCUT2D eigenvalue weighted by atomic mass is 16.5. The predicted molar refractivity (Wildman–Crippen MR) is 104 cm³/mol. The van der Waals surface area contributed by atoms with E-state index in [4.69, 9.17) is 4.74 Å². The highest BCUT2D eigenvalue weighted by Gasteiger charge is 2.12. The van der Waals surface area contributed by atoms with Gasteiger partial charge in [0.05, 0.1) is 7.11 Å². The first-order valence-electron chi connectivity index (χ1n) is 8.70. The van der Waals surface area contributed by atoms with Gasteiger partial charge in [-0.2, -0.15) is 0 Å². The summed E-state index contributed by atoms with van der Waals surface area (Å²) in [6, 6.07) is 14.1. The molecule has 2 aromatic heterocycles. The molecule has 0 aliphatic carbocycles. The molecule has 0 spiro atoms. The van der Waals surface area contributed by atoms with Gasteiger partial charge in [-0.25, -0.2) is 0 Å². The first kappa shape index (κ1) is 19.0. The second-order valence-corrected chi connectivity index (χ2v) is 6.00. The maximum Gasteiger partial charge on any atom is 0.270 e. The maximum atomic E-state index is 12.4. The number of benzene rings is 1. The quantitative estimate of drug-likeness (QED) is 0.660. The number of carbonyl (C=O) groups excluding carboxylic acids is 2. The van der Waals surface area contributed by atoms with E-state index in [0.29, 0.717) is 18.7 Å². The highest BCUT2D eigenvalue weighted by Crippen LogP contribution is 2.11. The number of methoxy groups -OCH3 is 1. The van der Waals surface area contributed by atoms with Gasteiger partial charge in [0.1, 0.15) is 11.4 Å². The molecule has 0 aliphatic rings. The van der Waals surface area contributed by atoms with Crippen molar-refractivity contribution in [3.05, 3.63) is 89.5 Å². The number of hydrogen-bond donors (Lipinski definition) is 2. The molecule has 7 heteroatoms. The lowest BCUT2D eigenvalue weighted by Gasteiger charge is -2.08. The Bertz CT molecular complexity index is 943. The third-order valence-electron chi connectivity index (χ3n) is 4.07. The number of carbonyl (C=O) groups is 2. The normalized spacial score (nSPS) is 10.2. The van der Waals surface area contributed by atoms with Gasteiger partial charge >= 0.3 is 0 Å². The van der Waals surface area contributed by atoms with Gasteiger partial charge in [0.25, 0.3) is 11.8 Å². The van der Waals surface area contributed by atoms with Crippen LogP contribution in [0.25, 0.3) is 0 Å². The summed E-state index contributed by atoms with van der Waals surface area (Å²) in [5, 5.41) is 5.61. The van der Waals surface area contributed by atoms with Crippen molar-refractivity contribution in [3.63, 3.8) is 0 Å². The number of pyridine rings is 2. The Morgan fingerprint density at radius 2 is 1.50 bits per heavy atom. The molecule has 28 heavy (non-hydrogen) atoms. The van der Waals surface area contributed by atoms with Crippen LogP contribution in [-0.2, 0) is 13.1 Å². The van der Waals surface area contributed by atoms with Gasteiger partial charge in [-0.3, -0.25) is 19.6 Å². The minimum absolute atomic E-state index is 0.186. The van der Waals surface area contributed by atoms with Gasteiger partial charge in [0, 0.05) is 37.2 Å². The summed E-state index contributed by atoms with van der Waals surface area (Å²) in [6.45, 7) is 0.728. The molecule has 3 rings (SSSR count). The van der Waals surface area contributed by atoms with E-state index in [9.17, 15) is 9.59 Å². The average Bonchev–Trinajstić information content (AvgIpc) is 2.77. The van der Waals surface area contributed by atoms with Crippen molar-refractivity contribution < 1.29 is 14.3 Å². The van der Waals surface area contributed by atoms with E-state index in [0.717, 1.165) is 16.9 Å². The summed E-state index contributed by atoms with van der Waals surface area (Å²) in [5.74, 6) is 0.134. The molecule has 1 aromatic carbocycles. The van der Waals surface area contributed by atoms with E-state index in [1.807, 2.05) is 36.4 Å². The molecule has 0 radical (unpaired) electrons. The van der Waals surface area contributed by atoms with Crippen LogP contribution in [0.15, 0.2) is 67.1 Å². The van der Waals surface area contributed by atoms with Crippen LogP contribution in [0.1, 0.15) is 32.0 Å². The second kappa shape index (κ2) is 9.27. The van der Waals surface area contributed by atoms with Crippen molar-refractivity contribution in [2.45, 2.75) is 13.1 Å². The Balaban J connectivity index is 1.58. The van der Waals surface area contributed by atoms with Crippen molar-refractivity contribution in [3.8, 4) is 5.75 Å². The first-order valence-corrected chi connectivity index (χ1v) is 8.70. The molecule has 0 aliphatic heterocycles. The zero-order valence-electron chi connectivity index (χ0n) is 15.4. The number of ether oxygens (including phenoxy) is 1. The fourth-order valence-electron chi connectivity index (χ4n) is 2.50. The third kappa shape index (κ3) is 5.14.